The van der Waals surface area contributed by atoms with Gasteiger partial charge in [-0.1, -0.05) is 60.7 Å². The Labute approximate surface area is 129 Å². The lowest BCUT2D eigenvalue weighted by atomic mass is 10.0. The highest BCUT2D eigenvalue weighted by atomic mass is 16.3. The van der Waals surface area contributed by atoms with Crippen molar-refractivity contribution < 1.29 is 5.11 Å². The van der Waals surface area contributed by atoms with Crippen molar-refractivity contribution in [1.29, 1.82) is 0 Å². The molecular formula is C19H16N2O. The van der Waals surface area contributed by atoms with Gasteiger partial charge in [0.1, 0.15) is 5.75 Å². The number of phenolic OH excluding ortho intramolecular Hbond substituents is 1. The van der Waals surface area contributed by atoms with Gasteiger partial charge in [-0.2, -0.15) is 5.10 Å². The van der Waals surface area contributed by atoms with Gasteiger partial charge in [0.25, 0.3) is 0 Å². The summed E-state index contributed by atoms with van der Waals surface area (Å²) in [5.41, 5.74) is 6.82. The highest BCUT2D eigenvalue weighted by molar-refractivity contribution is 6.13. The Kier molecular flexibility index (Phi) is 4.16. The molecule has 0 atom stereocenters. The molecule has 0 bridgehead atoms. The van der Waals surface area contributed by atoms with Crippen LogP contribution in [-0.4, -0.2) is 10.8 Å². The number of nitrogens with one attached hydrogen (secondary N) is 1. The molecule has 0 aliphatic heterocycles. The number of aromatic hydroxyl groups is 1. The van der Waals surface area contributed by atoms with Gasteiger partial charge in [0.2, 0.25) is 0 Å². The zero-order valence-corrected chi connectivity index (χ0v) is 12.0. The third kappa shape index (κ3) is 3.33. The molecule has 22 heavy (non-hydrogen) atoms. The van der Waals surface area contributed by atoms with Crippen molar-refractivity contribution in [3.05, 3.63) is 96.1 Å². The fourth-order valence-corrected chi connectivity index (χ4v) is 2.14. The molecule has 3 aromatic carbocycles. The topological polar surface area (TPSA) is 44.6 Å². The predicted octanol–water partition coefficient (Wildman–Crippen LogP) is 4.26. The largest absolute Gasteiger partial charge is 0.508 e. The average molecular weight is 288 g/mol. The molecule has 3 heteroatoms. The van der Waals surface area contributed by atoms with Gasteiger partial charge >= 0.3 is 0 Å². The van der Waals surface area contributed by atoms with Gasteiger partial charge in [-0.15, -0.1) is 0 Å². The first-order valence-electron chi connectivity index (χ1n) is 7.06. The number of hydrogen-bond acceptors (Lipinski definition) is 3. The third-order valence-corrected chi connectivity index (χ3v) is 3.26. The molecule has 0 fully saturated rings. The van der Waals surface area contributed by atoms with Crippen LogP contribution in [0.1, 0.15) is 11.1 Å². The highest BCUT2D eigenvalue weighted by Gasteiger charge is 2.06. The van der Waals surface area contributed by atoms with E-state index in [0.717, 1.165) is 22.5 Å². The molecule has 3 nitrogen and oxygen atoms in total. The van der Waals surface area contributed by atoms with E-state index in [9.17, 15) is 5.11 Å². The Hall–Kier alpha value is -3.07. The van der Waals surface area contributed by atoms with E-state index in [4.69, 9.17) is 0 Å². The maximum Gasteiger partial charge on any atom is 0.115 e. The van der Waals surface area contributed by atoms with Crippen LogP contribution in [0.3, 0.4) is 0 Å². The standard InChI is InChI=1S/C19H16N2O/c22-18-13-11-17(12-14-18)20-21-19(15-7-3-1-4-8-15)16-9-5-2-6-10-16/h1-14,20,22H. The summed E-state index contributed by atoms with van der Waals surface area (Å²) in [6.45, 7) is 0. The molecule has 0 spiro atoms. The number of hydrogen-bond donors (Lipinski definition) is 2. The summed E-state index contributed by atoms with van der Waals surface area (Å²) < 4.78 is 0. The molecule has 0 radical (unpaired) electrons. The maximum absolute atomic E-state index is 9.33. The van der Waals surface area contributed by atoms with Crippen molar-refractivity contribution >= 4 is 11.4 Å². The Bertz CT molecular complexity index is 709. The number of anilines is 1. The van der Waals surface area contributed by atoms with Gasteiger partial charge in [-0.3, -0.25) is 5.43 Å². The lowest BCUT2D eigenvalue weighted by Crippen LogP contribution is -2.06. The molecule has 0 aromatic heterocycles. The number of hydrazone groups is 1. The highest BCUT2D eigenvalue weighted by Crippen LogP contribution is 2.15. The van der Waals surface area contributed by atoms with Gasteiger partial charge in [-0.25, -0.2) is 0 Å². The summed E-state index contributed by atoms with van der Waals surface area (Å²) in [5.74, 6) is 0.237. The second-order valence-corrected chi connectivity index (χ2v) is 4.85. The van der Waals surface area contributed by atoms with Crippen LogP contribution < -0.4 is 5.43 Å². The molecule has 108 valence electrons. The first-order valence-corrected chi connectivity index (χ1v) is 7.06. The summed E-state index contributed by atoms with van der Waals surface area (Å²) >= 11 is 0. The SMILES string of the molecule is Oc1ccc(NN=C(c2ccccc2)c2ccccc2)cc1. The predicted molar refractivity (Wildman–Crippen MR) is 90.3 cm³/mol. The molecule has 3 aromatic rings. The summed E-state index contributed by atoms with van der Waals surface area (Å²) in [4.78, 5) is 0. The van der Waals surface area contributed by atoms with E-state index >= 15 is 0 Å². The van der Waals surface area contributed by atoms with Crippen LogP contribution in [0.4, 0.5) is 5.69 Å². The monoisotopic (exact) mass is 288 g/mol. The zero-order chi connectivity index (χ0) is 15.2. The average Bonchev–Trinajstić information content (AvgIpc) is 2.59. The van der Waals surface area contributed by atoms with E-state index in [1.54, 1.807) is 24.3 Å². The molecular weight excluding hydrogens is 272 g/mol. The summed E-state index contributed by atoms with van der Waals surface area (Å²) in [6, 6.07) is 26.9. The van der Waals surface area contributed by atoms with E-state index in [1.165, 1.54) is 0 Å². The van der Waals surface area contributed by atoms with Crippen LogP contribution in [0.25, 0.3) is 0 Å². The molecule has 2 N–H and O–H groups in total. The normalized spacial score (nSPS) is 10.0. The molecule has 0 aliphatic rings. The van der Waals surface area contributed by atoms with E-state index < -0.39 is 0 Å². The smallest absolute Gasteiger partial charge is 0.115 e. The van der Waals surface area contributed by atoms with E-state index in [-0.39, 0.29) is 5.75 Å². The molecule has 3 rings (SSSR count). The Balaban J connectivity index is 1.95. The number of rotatable bonds is 4. The van der Waals surface area contributed by atoms with Crippen molar-refractivity contribution in [1.82, 2.24) is 0 Å². The number of nitrogens with zero attached hydrogens (tertiary/aromatic N) is 1. The summed E-state index contributed by atoms with van der Waals surface area (Å²) in [5, 5.41) is 13.9. The van der Waals surface area contributed by atoms with E-state index in [1.807, 2.05) is 60.7 Å². The van der Waals surface area contributed by atoms with Crippen molar-refractivity contribution in [3.8, 4) is 5.75 Å². The van der Waals surface area contributed by atoms with Gasteiger partial charge in [0.15, 0.2) is 0 Å². The van der Waals surface area contributed by atoms with Gasteiger partial charge in [-0.05, 0) is 24.3 Å². The number of phenols is 1. The van der Waals surface area contributed by atoms with Crippen LogP contribution in [-0.2, 0) is 0 Å². The number of benzene rings is 3. The van der Waals surface area contributed by atoms with Gasteiger partial charge in [0, 0.05) is 11.1 Å². The molecule has 0 heterocycles. The van der Waals surface area contributed by atoms with Crippen molar-refractivity contribution in [2.45, 2.75) is 0 Å². The molecule has 0 amide bonds. The summed E-state index contributed by atoms with van der Waals surface area (Å²) in [7, 11) is 0. The zero-order valence-electron chi connectivity index (χ0n) is 12.0. The van der Waals surface area contributed by atoms with Crippen LogP contribution >= 0.6 is 0 Å². The molecule has 0 unspecified atom stereocenters. The van der Waals surface area contributed by atoms with Crippen LogP contribution in [0.2, 0.25) is 0 Å². The first kappa shape index (κ1) is 13.9. The fraction of sp³-hybridized carbons (Fsp3) is 0. The van der Waals surface area contributed by atoms with Gasteiger partial charge < -0.3 is 5.11 Å². The van der Waals surface area contributed by atoms with Crippen molar-refractivity contribution in [2.75, 3.05) is 5.43 Å². The second-order valence-electron chi connectivity index (χ2n) is 4.85. The Morgan fingerprint density at radius 3 is 1.68 bits per heavy atom. The Morgan fingerprint density at radius 1 is 0.682 bits per heavy atom. The minimum Gasteiger partial charge on any atom is -0.508 e. The van der Waals surface area contributed by atoms with E-state index in [2.05, 4.69) is 10.5 Å². The lowest BCUT2D eigenvalue weighted by molar-refractivity contribution is 0.475. The minimum atomic E-state index is 0.237. The lowest BCUT2D eigenvalue weighted by Gasteiger charge is -2.08. The quantitative estimate of drug-likeness (QED) is 0.428. The fourth-order valence-electron chi connectivity index (χ4n) is 2.14. The van der Waals surface area contributed by atoms with E-state index in [0.29, 0.717) is 0 Å². The first-order chi connectivity index (χ1) is 10.8. The summed E-state index contributed by atoms with van der Waals surface area (Å²) in [6.07, 6.45) is 0. The van der Waals surface area contributed by atoms with Crippen LogP contribution in [0.15, 0.2) is 90.0 Å². The molecule has 0 aliphatic carbocycles. The maximum atomic E-state index is 9.33. The van der Waals surface area contributed by atoms with Gasteiger partial charge in [0.05, 0.1) is 11.4 Å². The molecule has 0 saturated carbocycles. The minimum absolute atomic E-state index is 0.237. The van der Waals surface area contributed by atoms with Crippen molar-refractivity contribution in [2.24, 2.45) is 5.10 Å². The third-order valence-electron chi connectivity index (χ3n) is 3.26. The Morgan fingerprint density at radius 2 is 1.18 bits per heavy atom. The second kappa shape index (κ2) is 6.59. The molecule has 0 saturated heterocycles. The van der Waals surface area contributed by atoms with Crippen molar-refractivity contribution in [3.63, 3.8) is 0 Å². The van der Waals surface area contributed by atoms with Crippen LogP contribution in [0, 0.1) is 0 Å². The van der Waals surface area contributed by atoms with Crippen LogP contribution in [0.5, 0.6) is 5.75 Å².